The molecule has 3 unspecified atom stereocenters. The normalized spacial score (nSPS) is 26.7. The Balaban J connectivity index is 1.11. The van der Waals surface area contributed by atoms with Crippen molar-refractivity contribution in [1.29, 1.82) is 0 Å². The van der Waals surface area contributed by atoms with Crippen LogP contribution in [0.4, 0.5) is 27.8 Å². The fraction of sp³-hybridized carbons (Fsp3) is 0.514. The first-order chi connectivity index (χ1) is 23.5. The highest BCUT2D eigenvalue weighted by Crippen LogP contribution is 2.65. The van der Waals surface area contributed by atoms with Gasteiger partial charge in [0, 0.05) is 55.5 Å². The number of hydrogen-bond donors (Lipinski definition) is 2. The SMILES string of the molecule is CCc1c(F)ccc2cc(O)cc(-c3c(F)cc4c(N5CC6CCC(C5)N6)nc(OCC5(CN6CCC7(C6)CC7(F)F)CC5)nc4c3F)c12. The van der Waals surface area contributed by atoms with Crippen molar-refractivity contribution in [2.45, 2.75) is 69.9 Å². The Morgan fingerprint density at radius 3 is 2.43 bits per heavy atom. The first-order valence-corrected chi connectivity index (χ1v) is 17.4. The lowest BCUT2D eigenvalue weighted by atomic mass is 9.91. The molecule has 2 aliphatic carbocycles. The Hall–Kier alpha value is -3.77. The molecule has 1 aromatic heterocycles. The highest BCUT2D eigenvalue weighted by atomic mass is 19.3. The summed E-state index contributed by atoms with van der Waals surface area (Å²) in [7, 11) is 0. The average Bonchev–Trinajstić information content (AvgIpc) is 3.82. The van der Waals surface area contributed by atoms with Crippen LogP contribution >= 0.6 is 0 Å². The van der Waals surface area contributed by atoms with Gasteiger partial charge in [0.05, 0.1) is 17.6 Å². The molecule has 0 radical (unpaired) electrons. The van der Waals surface area contributed by atoms with E-state index in [-0.39, 0.29) is 65.2 Å². The van der Waals surface area contributed by atoms with Crippen molar-refractivity contribution in [2.24, 2.45) is 10.8 Å². The van der Waals surface area contributed by atoms with Crippen molar-refractivity contribution < 1.29 is 31.8 Å². The molecule has 4 heterocycles. The van der Waals surface area contributed by atoms with E-state index in [9.17, 15) is 13.9 Å². The molecule has 3 saturated heterocycles. The van der Waals surface area contributed by atoms with E-state index >= 15 is 13.2 Å². The number of ether oxygens (including phenoxy) is 1. The quantitative estimate of drug-likeness (QED) is 0.195. The Morgan fingerprint density at radius 2 is 1.76 bits per heavy atom. The summed E-state index contributed by atoms with van der Waals surface area (Å²) in [5.41, 5.74) is -1.32. The number of rotatable bonds is 8. The maximum atomic E-state index is 16.9. The molecule has 5 aliphatic rings. The predicted octanol–water partition coefficient (Wildman–Crippen LogP) is 6.97. The van der Waals surface area contributed by atoms with Crippen molar-refractivity contribution in [2.75, 3.05) is 44.2 Å². The summed E-state index contributed by atoms with van der Waals surface area (Å²) in [5.74, 6) is -4.72. The second kappa shape index (κ2) is 10.9. The number of anilines is 1. The molecule has 7 nitrogen and oxygen atoms in total. The van der Waals surface area contributed by atoms with Crippen LogP contribution in [-0.2, 0) is 6.42 Å². The number of aromatic hydroxyl groups is 1. The number of halogens is 5. The molecule has 9 rings (SSSR count). The van der Waals surface area contributed by atoms with Crippen LogP contribution in [0.1, 0.15) is 51.0 Å². The summed E-state index contributed by atoms with van der Waals surface area (Å²) in [5, 5.41) is 15.1. The van der Waals surface area contributed by atoms with E-state index in [2.05, 4.69) is 15.2 Å². The van der Waals surface area contributed by atoms with Crippen LogP contribution in [0.3, 0.4) is 0 Å². The van der Waals surface area contributed by atoms with Gasteiger partial charge in [-0.2, -0.15) is 9.97 Å². The van der Waals surface area contributed by atoms with Gasteiger partial charge in [0.1, 0.15) is 28.7 Å². The van der Waals surface area contributed by atoms with E-state index < -0.39 is 34.4 Å². The van der Waals surface area contributed by atoms with Crippen LogP contribution in [0.25, 0.3) is 32.8 Å². The largest absolute Gasteiger partial charge is 0.508 e. The van der Waals surface area contributed by atoms with Gasteiger partial charge in [0.25, 0.3) is 5.92 Å². The van der Waals surface area contributed by atoms with Gasteiger partial charge in [0.15, 0.2) is 5.82 Å². The van der Waals surface area contributed by atoms with Crippen molar-refractivity contribution in [1.82, 2.24) is 20.2 Å². The maximum Gasteiger partial charge on any atom is 0.319 e. The minimum atomic E-state index is -2.58. The van der Waals surface area contributed by atoms with E-state index in [1.807, 2.05) is 4.90 Å². The van der Waals surface area contributed by atoms with Gasteiger partial charge in [-0.25, -0.2) is 22.0 Å². The predicted molar refractivity (Wildman–Crippen MR) is 176 cm³/mol. The first kappa shape index (κ1) is 31.2. The van der Waals surface area contributed by atoms with E-state index in [1.54, 1.807) is 6.92 Å². The molecule has 49 heavy (non-hydrogen) atoms. The van der Waals surface area contributed by atoms with Gasteiger partial charge >= 0.3 is 6.01 Å². The Bertz CT molecular complexity index is 2010. The molecule has 4 aromatic rings. The second-order valence-corrected chi connectivity index (χ2v) is 15.2. The van der Waals surface area contributed by atoms with Crippen LogP contribution in [-0.4, -0.2) is 77.3 Å². The molecular formula is C37H38F5N5O2. The molecule has 3 aromatic carbocycles. The van der Waals surface area contributed by atoms with Gasteiger partial charge in [-0.15, -0.1) is 0 Å². The van der Waals surface area contributed by atoms with E-state index in [0.717, 1.165) is 25.7 Å². The molecule has 3 atom stereocenters. The molecule has 2 bridgehead atoms. The third-order valence-corrected chi connectivity index (χ3v) is 11.8. The van der Waals surface area contributed by atoms with Crippen molar-refractivity contribution in [3.8, 4) is 22.9 Å². The smallest absolute Gasteiger partial charge is 0.319 e. The summed E-state index contributed by atoms with van der Waals surface area (Å²) < 4.78 is 82.6. The van der Waals surface area contributed by atoms with E-state index in [4.69, 9.17) is 9.72 Å². The minimum absolute atomic E-state index is 0.0349. The molecule has 2 N–H and O–H groups in total. The fourth-order valence-electron chi connectivity index (χ4n) is 8.86. The lowest BCUT2D eigenvalue weighted by Crippen LogP contribution is -2.51. The lowest BCUT2D eigenvalue weighted by molar-refractivity contribution is 0.0644. The molecule has 2 saturated carbocycles. The number of phenolic OH excluding ortho intramolecular Hbond substituents is 1. The van der Waals surface area contributed by atoms with Crippen LogP contribution in [0, 0.1) is 28.3 Å². The standard InChI is InChI=1S/C37H38F5N5O2/c1-2-24-27(38)6-3-20-11-23(48)12-25(29(20)24)30-28(39)13-26-32(31(30)40)44-34(45-33(26)47-14-21-4-5-22(15-47)43-21)49-19-35(7-8-35)17-46-10-9-36(18-46)16-37(36,41)42/h3,6,11-13,21-22,43,48H,2,4-5,7-10,14-19H2,1H3. The molecule has 0 amide bonds. The molecule has 3 aliphatic heterocycles. The number of piperazine rings is 1. The summed E-state index contributed by atoms with van der Waals surface area (Å²) in [6.45, 7) is 4.88. The number of aryl methyl sites for hydroxylation is 1. The number of alkyl halides is 2. The zero-order chi connectivity index (χ0) is 33.9. The molecule has 258 valence electrons. The van der Waals surface area contributed by atoms with Gasteiger partial charge in [-0.3, -0.25) is 0 Å². The zero-order valence-corrected chi connectivity index (χ0v) is 27.3. The fourth-order valence-corrected chi connectivity index (χ4v) is 8.86. The number of hydrogen-bond acceptors (Lipinski definition) is 7. The van der Waals surface area contributed by atoms with Gasteiger partial charge < -0.3 is 25.0 Å². The van der Waals surface area contributed by atoms with Gasteiger partial charge in [-0.1, -0.05) is 13.0 Å². The van der Waals surface area contributed by atoms with Crippen LogP contribution in [0.15, 0.2) is 30.3 Å². The highest BCUT2D eigenvalue weighted by molar-refractivity contribution is 6.03. The topological polar surface area (TPSA) is 73.8 Å². The monoisotopic (exact) mass is 679 g/mol. The number of fused-ring (bicyclic) bond motifs is 4. The molecular weight excluding hydrogens is 641 g/mol. The number of likely N-dealkylation sites (tertiary alicyclic amines) is 1. The Kier molecular flexibility index (Phi) is 6.92. The summed E-state index contributed by atoms with van der Waals surface area (Å²) in [6, 6.07) is 7.13. The summed E-state index contributed by atoms with van der Waals surface area (Å²) in [6.07, 6.45) is 4.47. The maximum absolute atomic E-state index is 16.9. The average molecular weight is 680 g/mol. The molecule has 1 spiro atoms. The lowest BCUT2D eigenvalue weighted by Gasteiger charge is -2.34. The minimum Gasteiger partial charge on any atom is -0.508 e. The van der Waals surface area contributed by atoms with Gasteiger partial charge in [-0.05, 0) is 91.2 Å². The number of benzene rings is 3. The van der Waals surface area contributed by atoms with Crippen LogP contribution in [0.2, 0.25) is 0 Å². The van der Waals surface area contributed by atoms with Crippen molar-refractivity contribution >= 4 is 27.5 Å². The van der Waals surface area contributed by atoms with Crippen molar-refractivity contribution in [3.05, 3.63) is 53.3 Å². The first-order valence-electron chi connectivity index (χ1n) is 17.4. The highest BCUT2D eigenvalue weighted by Gasteiger charge is 2.72. The molecule has 5 fully saturated rings. The molecule has 12 heteroatoms. The number of aromatic nitrogens is 2. The second-order valence-electron chi connectivity index (χ2n) is 15.2. The van der Waals surface area contributed by atoms with Crippen LogP contribution < -0.4 is 15.0 Å². The van der Waals surface area contributed by atoms with Crippen LogP contribution in [0.5, 0.6) is 11.8 Å². The van der Waals surface area contributed by atoms with Crippen molar-refractivity contribution in [3.63, 3.8) is 0 Å². The third-order valence-electron chi connectivity index (χ3n) is 11.8. The summed E-state index contributed by atoms with van der Waals surface area (Å²) >= 11 is 0. The third kappa shape index (κ3) is 5.11. The number of phenols is 1. The number of nitrogens with zero attached hydrogens (tertiary/aromatic N) is 4. The zero-order valence-electron chi connectivity index (χ0n) is 27.3. The Labute approximate surface area is 280 Å². The van der Waals surface area contributed by atoms with Gasteiger partial charge in [0.2, 0.25) is 0 Å². The van der Waals surface area contributed by atoms with E-state index in [1.165, 1.54) is 30.3 Å². The Morgan fingerprint density at radius 1 is 1.00 bits per heavy atom. The summed E-state index contributed by atoms with van der Waals surface area (Å²) in [4.78, 5) is 13.4. The number of nitrogens with one attached hydrogen (secondary N) is 1. The van der Waals surface area contributed by atoms with E-state index in [0.29, 0.717) is 61.3 Å².